The Hall–Kier alpha value is -0.760. The van der Waals surface area contributed by atoms with Crippen molar-refractivity contribution in [2.75, 3.05) is 6.61 Å². The van der Waals surface area contributed by atoms with Crippen LogP contribution in [0.25, 0.3) is 0 Å². The summed E-state index contributed by atoms with van der Waals surface area (Å²) >= 11 is 5.50. The van der Waals surface area contributed by atoms with Gasteiger partial charge in [0.1, 0.15) is 4.90 Å². The highest BCUT2D eigenvalue weighted by atomic mass is 35.5. The Morgan fingerprint density at radius 3 is 2.22 bits per heavy atom. The number of hydrogen-bond donors (Lipinski definition) is 2. The van der Waals surface area contributed by atoms with Crippen LogP contribution in [0.4, 0.5) is 0 Å². The average molecular weight is 294 g/mol. The number of halogens is 1. The molecule has 1 aromatic heterocycles. The minimum atomic E-state index is -3.76. The van der Waals surface area contributed by atoms with E-state index in [1.165, 1.54) is 0 Å². The van der Waals surface area contributed by atoms with Gasteiger partial charge in [0.2, 0.25) is 15.3 Å². The predicted octanol–water partition coefficient (Wildman–Crippen LogP) is 0.959. The molecule has 0 saturated carbocycles. The van der Waals surface area contributed by atoms with Crippen molar-refractivity contribution in [1.82, 2.24) is 14.7 Å². The fourth-order valence-corrected chi connectivity index (χ4v) is 2.96. The highest BCUT2D eigenvalue weighted by Crippen LogP contribution is 2.18. The topological polar surface area (TPSA) is 92.2 Å². The highest BCUT2D eigenvalue weighted by Gasteiger charge is 2.31. The number of hydrogen-bond acceptors (Lipinski definition) is 5. The van der Waals surface area contributed by atoms with Crippen molar-refractivity contribution in [3.63, 3.8) is 0 Å². The molecule has 0 atom stereocenters. The molecule has 2 N–H and O–H groups in total. The second-order valence-electron chi connectivity index (χ2n) is 3.94. The van der Waals surface area contributed by atoms with Gasteiger partial charge in [-0.2, -0.15) is 0 Å². The molecule has 0 aliphatic carbocycles. The fourth-order valence-electron chi connectivity index (χ4n) is 1.43. The Balaban J connectivity index is 3.04. The lowest BCUT2D eigenvalue weighted by Gasteiger charge is -2.30. The number of sulfonamides is 1. The van der Waals surface area contributed by atoms with E-state index in [0.717, 1.165) is 12.4 Å². The number of rotatable bonds is 6. The van der Waals surface area contributed by atoms with Crippen molar-refractivity contribution in [1.29, 1.82) is 0 Å². The molecular weight excluding hydrogens is 278 g/mol. The van der Waals surface area contributed by atoms with Crippen molar-refractivity contribution in [3.05, 3.63) is 17.7 Å². The minimum absolute atomic E-state index is 0.0200. The third-order valence-corrected chi connectivity index (χ3v) is 4.64. The standard InChI is InChI=1S/C10H16ClN3O3S/c1-3-10(4-2,7-15)14-18(16,17)8-5-12-9(11)13-6-8/h5-6,14-15H,3-4,7H2,1-2H3. The number of aromatic nitrogens is 2. The van der Waals surface area contributed by atoms with Crippen molar-refractivity contribution >= 4 is 21.6 Å². The van der Waals surface area contributed by atoms with E-state index in [9.17, 15) is 13.5 Å². The second-order valence-corrected chi connectivity index (χ2v) is 5.96. The van der Waals surface area contributed by atoms with E-state index in [1.807, 2.05) is 0 Å². The maximum Gasteiger partial charge on any atom is 0.244 e. The van der Waals surface area contributed by atoms with E-state index < -0.39 is 15.6 Å². The molecule has 1 rings (SSSR count). The van der Waals surface area contributed by atoms with Gasteiger partial charge in [-0.3, -0.25) is 0 Å². The zero-order valence-electron chi connectivity index (χ0n) is 10.2. The first-order valence-corrected chi connectivity index (χ1v) is 7.37. The molecule has 102 valence electrons. The lowest BCUT2D eigenvalue weighted by Crippen LogP contribution is -2.50. The fraction of sp³-hybridized carbons (Fsp3) is 0.600. The zero-order valence-corrected chi connectivity index (χ0v) is 11.8. The van der Waals surface area contributed by atoms with E-state index in [1.54, 1.807) is 13.8 Å². The van der Waals surface area contributed by atoms with E-state index in [4.69, 9.17) is 11.6 Å². The number of nitrogens with zero attached hydrogens (tertiary/aromatic N) is 2. The van der Waals surface area contributed by atoms with Crippen LogP contribution in [0.2, 0.25) is 5.28 Å². The predicted molar refractivity (Wildman–Crippen MR) is 67.8 cm³/mol. The van der Waals surface area contributed by atoms with E-state index in [-0.39, 0.29) is 16.8 Å². The molecule has 0 spiro atoms. The van der Waals surface area contributed by atoms with Crippen LogP contribution in [0.1, 0.15) is 26.7 Å². The molecule has 0 saturated heterocycles. The SMILES string of the molecule is CCC(CC)(CO)NS(=O)(=O)c1cnc(Cl)nc1. The summed E-state index contributed by atoms with van der Waals surface area (Å²) < 4.78 is 26.7. The Morgan fingerprint density at radius 2 is 1.83 bits per heavy atom. The summed E-state index contributed by atoms with van der Waals surface area (Å²) in [7, 11) is -3.76. The molecule has 0 amide bonds. The molecule has 8 heteroatoms. The molecular formula is C10H16ClN3O3S. The Labute approximate surface area is 111 Å². The highest BCUT2D eigenvalue weighted by molar-refractivity contribution is 7.89. The number of nitrogens with one attached hydrogen (secondary N) is 1. The first kappa shape index (κ1) is 15.3. The lowest BCUT2D eigenvalue weighted by atomic mass is 9.96. The van der Waals surface area contributed by atoms with Crippen LogP contribution in [0.3, 0.4) is 0 Å². The summed E-state index contributed by atoms with van der Waals surface area (Å²) in [5, 5.41) is 9.33. The molecule has 1 aromatic rings. The van der Waals surface area contributed by atoms with Gasteiger partial charge in [-0.05, 0) is 24.4 Å². The molecule has 18 heavy (non-hydrogen) atoms. The van der Waals surface area contributed by atoms with Crippen molar-refractivity contribution < 1.29 is 13.5 Å². The lowest BCUT2D eigenvalue weighted by molar-refractivity contribution is 0.172. The van der Waals surface area contributed by atoms with E-state index in [2.05, 4.69) is 14.7 Å². The quantitative estimate of drug-likeness (QED) is 0.762. The van der Waals surface area contributed by atoms with Crippen LogP contribution >= 0.6 is 11.6 Å². The van der Waals surface area contributed by atoms with Crippen LogP contribution in [0, 0.1) is 0 Å². The summed E-state index contributed by atoms with van der Waals surface area (Å²) in [4.78, 5) is 7.17. The Morgan fingerprint density at radius 1 is 1.33 bits per heavy atom. The normalized spacial score (nSPS) is 12.7. The molecule has 0 radical (unpaired) electrons. The molecule has 0 aliphatic rings. The third kappa shape index (κ3) is 3.38. The van der Waals surface area contributed by atoms with E-state index >= 15 is 0 Å². The summed E-state index contributed by atoms with van der Waals surface area (Å²) in [6.07, 6.45) is 3.22. The summed E-state index contributed by atoms with van der Waals surface area (Å²) in [6.45, 7) is 3.34. The van der Waals surface area contributed by atoms with Gasteiger partial charge < -0.3 is 5.11 Å². The van der Waals surface area contributed by atoms with Crippen LogP contribution in [0.5, 0.6) is 0 Å². The monoisotopic (exact) mass is 293 g/mol. The van der Waals surface area contributed by atoms with Crippen LogP contribution < -0.4 is 4.72 Å². The zero-order chi connectivity index (χ0) is 13.8. The number of aliphatic hydroxyl groups excluding tert-OH is 1. The summed E-state index contributed by atoms with van der Waals surface area (Å²) in [6, 6.07) is 0. The van der Waals surface area contributed by atoms with Gasteiger partial charge in [-0.15, -0.1) is 0 Å². The minimum Gasteiger partial charge on any atom is -0.394 e. The van der Waals surface area contributed by atoms with Crippen LogP contribution in [-0.4, -0.2) is 35.6 Å². The Bertz CT molecular complexity index is 477. The smallest absolute Gasteiger partial charge is 0.244 e. The molecule has 0 aromatic carbocycles. The first-order chi connectivity index (χ1) is 8.39. The van der Waals surface area contributed by atoms with Crippen molar-refractivity contribution in [3.8, 4) is 0 Å². The molecule has 0 fully saturated rings. The summed E-state index contributed by atoms with van der Waals surface area (Å²) in [5.41, 5.74) is -0.863. The van der Waals surface area contributed by atoms with Crippen LogP contribution in [0.15, 0.2) is 17.3 Å². The van der Waals surface area contributed by atoms with E-state index in [0.29, 0.717) is 12.8 Å². The molecule has 6 nitrogen and oxygen atoms in total. The second kappa shape index (κ2) is 5.92. The van der Waals surface area contributed by atoms with Crippen molar-refractivity contribution in [2.45, 2.75) is 37.1 Å². The van der Waals surface area contributed by atoms with Gasteiger partial charge in [0.05, 0.1) is 24.5 Å². The Kier molecular flexibility index (Phi) is 5.03. The van der Waals surface area contributed by atoms with Gasteiger partial charge >= 0.3 is 0 Å². The summed E-state index contributed by atoms with van der Waals surface area (Å²) in [5.74, 6) is 0. The van der Waals surface area contributed by atoms with Gasteiger partial charge in [0.15, 0.2) is 0 Å². The molecule has 0 unspecified atom stereocenters. The van der Waals surface area contributed by atoms with Crippen molar-refractivity contribution in [2.24, 2.45) is 0 Å². The largest absolute Gasteiger partial charge is 0.394 e. The van der Waals surface area contributed by atoms with Gasteiger partial charge in [-0.1, -0.05) is 13.8 Å². The number of aliphatic hydroxyl groups is 1. The first-order valence-electron chi connectivity index (χ1n) is 5.51. The molecule has 0 bridgehead atoms. The average Bonchev–Trinajstić information content (AvgIpc) is 2.37. The van der Waals surface area contributed by atoms with Crippen LogP contribution in [-0.2, 0) is 10.0 Å². The van der Waals surface area contributed by atoms with Gasteiger partial charge in [0, 0.05) is 0 Å². The maximum atomic E-state index is 12.1. The molecule has 1 heterocycles. The van der Waals surface area contributed by atoms with Gasteiger partial charge in [-0.25, -0.2) is 23.1 Å². The maximum absolute atomic E-state index is 12.1. The van der Waals surface area contributed by atoms with Gasteiger partial charge in [0.25, 0.3) is 0 Å². The third-order valence-electron chi connectivity index (χ3n) is 2.91. The molecule has 0 aliphatic heterocycles.